The fourth-order valence-corrected chi connectivity index (χ4v) is 3.75. The van der Waals surface area contributed by atoms with Gasteiger partial charge < -0.3 is 9.67 Å². The van der Waals surface area contributed by atoms with Crippen molar-refractivity contribution in [2.24, 2.45) is 5.92 Å². The average molecular weight is 319 g/mol. The van der Waals surface area contributed by atoms with Gasteiger partial charge in [0.05, 0.1) is 12.1 Å². The van der Waals surface area contributed by atoms with Crippen molar-refractivity contribution < 1.29 is 9.50 Å². The number of imidazole rings is 1. The number of fused-ring (bicyclic) bond motifs is 1. The first-order chi connectivity index (χ1) is 11.1. The quantitative estimate of drug-likeness (QED) is 0.920. The van der Waals surface area contributed by atoms with Crippen molar-refractivity contribution in [3.63, 3.8) is 0 Å². The summed E-state index contributed by atoms with van der Waals surface area (Å²) in [5, 5.41) is 9.26. The molecule has 1 aromatic heterocycles. The molecule has 2 aromatic rings. The molecule has 1 aliphatic rings. The minimum Gasteiger partial charge on any atom is -0.396 e. The molecule has 0 atom stereocenters. The zero-order valence-electron chi connectivity index (χ0n) is 14.0. The average Bonchev–Trinajstić information content (AvgIpc) is 2.93. The number of aryl methyl sites for hydroxylation is 1. The summed E-state index contributed by atoms with van der Waals surface area (Å²) in [5.41, 5.74) is 1.35. The molecule has 23 heavy (non-hydrogen) atoms. The van der Waals surface area contributed by atoms with E-state index in [0.29, 0.717) is 24.1 Å². The van der Waals surface area contributed by atoms with Crippen molar-refractivity contribution >= 4 is 11.0 Å². The van der Waals surface area contributed by atoms with Crippen LogP contribution in [0.1, 0.15) is 38.4 Å². The van der Waals surface area contributed by atoms with Gasteiger partial charge in [-0.25, -0.2) is 9.37 Å². The van der Waals surface area contributed by atoms with Crippen molar-refractivity contribution in [2.75, 3.05) is 13.7 Å². The molecule has 0 radical (unpaired) electrons. The van der Waals surface area contributed by atoms with E-state index in [-0.39, 0.29) is 5.82 Å². The minimum atomic E-state index is -0.248. The van der Waals surface area contributed by atoms with Crippen LogP contribution in [0.5, 0.6) is 0 Å². The molecule has 126 valence electrons. The smallest absolute Gasteiger partial charge is 0.151 e. The summed E-state index contributed by atoms with van der Waals surface area (Å²) < 4.78 is 16.1. The standard InChI is InChI=1S/C18H26FN3O/c1-3-22-16-6-4-5-15(19)18(16)20-17(22)11-21(2)14-9-7-13(12-23)8-10-14/h4-6,13-14,23H,3,7-12H2,1-2H3. The summed E-state index contributed by atoms with van der Waals surface area (Å²) in [7, 11) is 2.12. The molecule has 0 aliphatic heterocycles. The Kier molecular flexibility index (Phi) is 4.97. The molecule has 4 nitrogen and oxygen atoms in total. The molecule has 1 aromatic carbocycles. The summed E-state index contributed by atoms with van der Waals surface area (Å²) >= 11 is 0. The van der Waals surface area contributed by atoms with Gasteiger partial charge in [-0.15, -0.1) is 0 Å². The number of aliphatic hydroxyl groups is 1. The molecule has 3 rings (SSSR count). The van der Waals surface area contributed by atoms with E-state index in [1.165, 1.54) is 6.07 Å². The van der Waals surface area contributed by atoms with Gasteiger partial charge in [0.2, 0.25) is 0 Å². The van der Waals surface area contributed by atoms with Gasteiger partial charge in [0, 0.05) is 19.2 Å². The van der Waals surface area contributed by atoms with Gasteiger partial charge in [-0.05, 0) is 57.7 Å². The van der Waals surface area contributed by atoms with Crippen molar-refractivity contribution in [1.82, 2.24) is 14.5 Å². The van der Waals surface area contributed by atoms with Crippen LogP contribution in [0, 0.1) is 11.7 Å². The maximum Gasteiger partial charge on any atom is 0.151 e. The topological polar surface area (TPSA) is 41.3 Å². The molecule has 0 spiro atoms. The number of aliphatic hydroxyl groups excluding tert-OH is 1. The van der Waals surface area contributed by atoms with E-state index < -0.39 is 0 Å². The van der Waals surface area contributed by atoms with Crippen LogP contribution >= 0.6 is 0 Å². The first kappa shape index (κ1) is 16.4. The fourth-order valence-electron chi connectivity index (χ4n) is 3.75. The van der Waals surface area contributed by atoms with Gasteiger partial charge in [0.25, 0.3) is 0 Å². The molecule has 0 saturated heterocycles. The Morgan fingerprint density at radius 2 is 2.04 bits per heavy atom. The third kappa shape index (κ3) is 3.26. The normalized spacial score (nSPS) is 22.1. The molecule has 1 fully saturated rings. The summed E-state index contributed by atoms with van der Waals surface area (Å²) in [4.78, 5) is 6.89. The highest BCUT2D eigenvalue weighted by atomic mass is 19.1. The largest absolute Gasteiger partial charge is 0.396 e. The van der Waals surface area contributed by atoms with Crippen LogP contribution < -0.4 is 0 Å². The van der Waals surface area contributed by atoms with Gasteiger partial charge >= 0.3 is 0 Å². The van der Waals surface area contributed by atoms with Crippen molar-refractivity contribution in [1.29, 1.82) is 0 Å². The predicted octanol–water partition coefficient (Wildman–Crippen LogP) is 3.18. The summed E-state index contributed by atoms with van der Waals surface area (Å²) in [6, 6.07) is 5.67. The highest BCUT2D eigenvalue weighted by Gasteiger charge is 2.24. The van der Waals surface area contributed by atoms with Crippen LogP contribution in [-0.4, -0.2) is 39.3 Å². The molecule has 1 heterocycles. The number of hydrogen-bond acceptors (Lipinski definition) is 3. The summed E-state index contributed by atoms with van der Waals surface area (Å²) in [5.74, 6) is 1.15. The lowest BCUT2D eigenvalue weighted by molar-refractivity contribution is 0.122. The third-order valence-corrected chi connectivity index (χ3v) is 5.21. The zero-order chi connectivity index (χ0) is 16.4. The number of nitrogens with zero attached hydrogens (tertiary/aromatic N) is 3. The molecule has 5 heteroatoms. The fraction of sp³-hybridized carbons (Fsp3) is 0.611. The Bertz CT molecular complexity index is 662. The van der Waals surface area contributed by atoms with Gasteiger partial charge in [0.1, 0.15) is 11.3 Å². The molecular weight excluding hydrogens is 293 g/mol. The lowest BCUT2D eigenvalue weighted by Gasteiger charge is -2.34. The second-order valence-electron chi connectivity index (χ2n) is 6.65. The maximum atomic E-state index is 14.0. The number of rotatable bonds is 5. The van der Waals surface area contributed by atoms with E-state index in [2.05, 4.69) is 28.4 Å². The Balaban J connectivity index is 1.77. The van der Waals surface area contributed by atoms with Gasteiger partial charge in [0.15, 0.2) is 5.82 Å². The summed E-state index contributed by atoms with van der Waals surface area (Å²) in [6.45, 7) is 3.90. The van der Waals surface area contributed by atoms with Crippen LogP contribution in [-0.2, 0) is 13.1 Å². The maximum absolute atomic E-state index is 14.0. The number of halogens is 1. The minimum absolute atomic E-state index is 0.248. The first-order valence-electron chi connectivity index (χ1n) is 8.58. The second kappa shape index (κ2) is 6.97. The van der Waals surface area contributed by atoms with Gasteiger partial charge in [-0.3, -0.25) is 4.90 Å². The Labute approximate surface area is 136 Å². The molecule has 0 unspecified atom stereocenters. The van der Waals surface area contributed by atoms with E-state index in [9.17, 15) is 9.50 Å². The summed E-state index contributed by atoms with van der Waals surface area (Å²) in [6.07, 6.45) is 4.40. The molecule has 1 saturated carbocycles. The second-order valence-corrected chi connectivity index (χ2v) is 6.65. The number of benzene rings is 1. The van der Waals surface area contributed by atoms with Gasteiger partial charge in [-0.2, -0.15) is 0 Å². The van der Waals surface area contributed by atoms with Gasteiger partial charge in [-0.1, -0.05) is 6.07 Å². The van der Waals surface area contributed by atoms with Crippen LogP contribution in [0.3, 0.4) is 0 Å². The van der Waals surface area contributed by atoms with Crippen molar-refractivity contribution in [3.05, 3.63) is 29.8 Å². The van der Waals surface area contributed by atoms with Crippen LogP contribution in [0.2, 0.25) is 0 Å². The Morgan fingerprint density at radius 1 is 1.30 bits per heavy atom. The number of hydrogen-bond donors (Lipinski definition) is 1. The van der Waals surface area contributed by atoms with E-state index in [1.54, 1.807) is 6.07 Å². The molecule has 0 amide bonds. The van der Waals surface area contributed by atoms with Crippen LogP contribution in [0.4, 0.5) is 4.39 Å². The number of para-hydroxylation sites is 1. The Hall–Kier alpha value is -1.46. The lowest BCUT2D eigenvalue weighted by Crippen LogP contribution is -2.36. The van der Waals surface area contributed by atoms with E-state index in [4.69, 9.17) is 0 Å². The van der Waals surface area contributed by atoms with E-state index >= 15 is 0 Å². The first-order valence-corrected chi connectivity index (χ1v) is 8.58. The van der Waals surface area contributed by atoms with Crippen LogP contribution in [0.15, 0.2) is 18.2 Å². The predicted molar refractivity (Wildman–Crippen MR) is 89.7 cm³/mol. The molecular formula is C18H26FN3O. The molecule has 0 bridgehead atoms. The van der Waals surface area contributed by atoms with Crippen LogP contribution in [0.25, 0.3) is 11.0 Å². The van der Waals surface area contributed by atoms with Crippen molar-refractivity contribution in [3.8, 4) is 0 Å². The van der Waals surface area contributed by atoms with E-state index in [0.717, 1.165) is 50.1 Å². The SMILES string of the molecule is CCn1c(CN(C)C2CCC(CO)CC2)nc2c(F)cccc21. The highest BCUT2D eigenvalue weighted by molar-refractivity contribution is 5.76. The third-order valence-electron chi connectivity index (χ3n) is 5.21. The Morgan fingerprint density at radius 3 is 2.70 bits per heavy atom. The number of aromatic nitrogens is 2. The molecule has 1 aliphatic carbocycles. The van der Waals surface area contributed by atoms with E-state index in [1.807, 2.05) is 6.07 Å². The lowest BCUT2D eigenvalue weighted by atomic mass is 9.86. The van der Waals surface area contributed by atoms with Crippen molar-refractivity contribution in [2.45, 2.75) is 51.7 Å². The monoisotopic (exact) mass is 319 g/mol. The zero-order valence-corrected chi connectivity index (χ0v) is 14.0. The molecule has 1 N–H and O–H groups in total. The highest BCUT2D eigenvalue weighted by Crippen LogP contribution is 2.28.